The van der Waals surface area contributed by atoms with Crippen molar-refractivity contribution in [2.75, 3.05) is 19.6 Å². The number of allylic oxidation sites excluding steroid dienone is 1. The first-order valence-corrected chi connectivity index (χ1v) is 14.6. The van der Waals surface area contributed by atoms with Gasteiger partial charge in [-0.3, -0.25) is 14.6 Å². The lowest BCUT2D eigenvalue weighted by Gasteiger charge is -2.40. The number of rotatable bonds is 13. The van der Waals surface area contributed by atoms with E-state index in [1.165, 1.54) is 12.8 Å². The van der Waals surface area contributed by atoms with Crippen LogP contribution in [-0.4, -0.2) is 73.9 Å². The van der Waals surface area contributed by atoms with Gasteiger partial charge in [-0.2, -0.15) is 0 Å². The molecular formula is C31H44N6O2. The molecule has 2 heterocycles. The third-order valence-corrected chi connectivity index (χ3v) is 7.88. The number of carbonyl (C=O) groups is 2. The first-order chi connectivity index (χ1) is 19.0. The van der Waals surface area contributed by atoms with E-state index in [4.69, 9.17) is 0 Å². The Morgan fingerprint density at radius 3 is 2.21 bits per heavy atom. The summed E-state index contributed by atoms with van der Waals surface area (Å²) in [5, 5.41) is 0. The van der Waals surface area contributed by atoms with Crippen molar-refractivity contribution in [1.82, 2.24) is 24.7 Å². The molecule has 0 spiro atoms. The predicted octanol–water partition coefficient (Wildman–Crippen LogP) is 5.19. The van der Waals surface area contributed by atoms with Gasteiger partial charge in [-0.05, 0) is 69.3 Å². The van der Waals surface area contributed by atoms with Gasteiger partial charge in [-0.25, -0.2) is 4.98 Å². The third kappa shape index (κ3) is 7.88. The van der Waals surface area contributed by atoms with Crippen LogP contribution in [0.15, 0.2) is 53.9 Å². The molecule has 1 fully saturated rings. The van der Waals surface area contributed by atoms with Gasteiger partial charge in [0.2, 0.25) is 5.91 Å². The zero-order valence-electron chi connectivity index (χ0n) is 23.8. The number of amides is 2. The van der Waals surface area contributed by atoms with Crippen LogP contribution >= 0.6 is 0 Å². The highest BCUT2D eigenvalue weighted by Gasteiger charge is 2.30. The van der Waals surface area contributed by atoms with Crippen molar-refractivity contribution in [3.63, 3.8) is 0 Å². The van der Waals surface area contributed by atoms with Gasteiger partial charge < -0.3 is 19.7 Å². The van der Waals surface area contributed by atoms with Crippen molar-refractivity contribution in [1.29, 1.82) is 0 Å². The van der Waals surface area contributed by atoms with Gasteiger partial charge in [0.25, 0.3) is 5.91 Å². The fourth-order valence-electron chi connectivity index (χ4n) is 5.91. The van der Waals surface area contributed by atoms with Crippen LogP contribution in [0.4, 0.5) is 0 Å². The summed E-state index contributed by atoms with van der Waals surface area (Å²) in [5.74, 6) is 0.803. The first-order valence-electron chi connectivity index (χ1n) is 14.6. The molecule has 1 aliphatic heterocycles. The molecular weight excluding hydrogens is 488 g/mol. The SMILES string of the molecule is CCCN(CCC)C1CCC(N(Cc2ccc(C(=O)N(CC3=NC=CC3)Cc3ncc[nH]3)cc2)C(C)=O)CC1. The number of hydrogen-bond acceptors (Lipinski definition) is 5. The average molecular weight is 533 g/mol. The molecule has 0 unspecified atom stereocenters. The van der Waals surface area contributed by atoms with Crippen molar-refractivity contribution in [2.45, 2.75) is 90.9 Å². The summed E-state index contributed by atoms with van der Waals surface area (Å²) < 4.78 is 0. The Kier molecular flexibility index (Phi) is 10.5. The molecule has 1 N–H and O–H groups in total. The predicted molar refractivity (Wildman–Crippen MR) is 155 cm³/mol. The summed E-state index contributed by atoms with van der Waals surface area (Å²) in [6, 6.07) is 8.64. The Morgan fingerprint density at radius 2 is 1.64 bits per heavy atom. The summed E-state index contributed by atoms with van der Waals surface area (Å²) in [7, 11) is 0. The van der Waals surface area contributed by atoms with E-state index in [-0.39, 0.29) is 17.9 Å². The van der Waals surface area contributed by atoms with Crippen LogP contribution in [-0.2, 0) is 17.9 Å². The number of aromatic amines is 1. The molecule has 8 heteroatoms. The fourth-order valence-corrected chi connectivity index (χ4v) is 5.91. The number of benzene rings is 1. The van der Waals surface area contributed by atoms with Crippen molar-refractivity contribution in [3.8, 4) is 0 Å². The Bertz CT molecular complexity index is 1110. The van der Waals surface area contributed by atoms with E-state index in [2.05, 4.69) is 33.7 Å². The normalized spacial score (nSPS) is 18.8. The monoisotopic (exact) mass is 532 g/mol. The number of nitrogens with one attached hydrogen (secondary N) is 1. The largest absolute Gasteiger partial charge is 0.347 e. The van der Waals surface area contributed by atoms with Crippen molar-refractivity contribution in [2.24, 2.45) is 4.99 Å². The van der Waals surface area contributed by atoms with Gasteiger partial charge in [-0.1, -0.05) is 32.1 Å². The molecule has 8 nitrogen and oxygen atoms in total. The lowest BCUT2D eigenvalue weighted by molar-refractivity contribution is -0.132. The van der Waals surface area contributed by atoms with E-state index >= 15 is 0 Å². The number of carbonyl (C=O) groups excluding carboxylic acids is 2. The van der Waals surface area contributed by atoms with Gasteiger partial charge in [0, 0.05) is 61.8 Å². The topological polar surface area (TPSA) is 84.9 Å². The number of hydrogen-bond donors (Lipinski definition) is 1. The maximum absolute atomic E-state index is 13.5. The lowest BCUT2D eigenvalue weighted by atomic mass is 9.88. The zero-order chi connectivity index (χ0) is 27.6. The van der Waals surface area contributed by atoms with E-state index in [0.717, 1.165) is 62.3 Å². The molecule has 2 amide bonds. The van der Waals surface area contributed by atoms with Gasteiger partial charge in [0.1, 0.15) is 5.82 Å². The van der Waals surface area contributed by atoms with Crippen molar-refractivity contribution in [3.05, 3.63) is 65.9 Å². The Morgan fingerprint density at radius 1 is 0.949 bits per heavy atom. The Hall–Kier alpha value is -3.26. The van der Waals surface area contributed by atoms with Crippen LogP contribution < -0.4 is 0 Å². The minimum Gasteiger partial charge on any atom is -0.347 e. The molecule has 39 heavy (non-hydrogen) atoms. The number of aromatic nitrogens is 2. The summed E-state index contributed by atoms with van der Waals surface area (Å²) in [6.07, 6.45) is 14.8. The van der Waals surface area contributed by atoms with Crippen LogP contribution in [0.2, 0.25) is 0 Å². The van der Waals surface area contributed by atoms with E-state index in [1.54, 1.807) is 30.4 Å². The number of nitrogens with zero attached hydrogens (tertiary/aromatic N) is 5. The van der Waals surface area contributed by atoms with Gasteiger partial charge in [0.05, 0.1) is 13.1 Å². The van der Waals surface area contributed by atoms with Crippen LogP contribution in [0.25, 0.3) is 0 Å². The van der Waals surface area contributed by atoms with Gasteiger partial charge >= 0.3 is 0 Å². The van der Waals surface area contributed by atoms with Crippen LogP contribution in [0.1, 0.15) is 87.5 Å². The first kappa shape index (κ1) is 28.7. The van der Waals surface area contributed by atoms with Gasteiger partial charge in [-0.15, -0.1) is 0 Å². The van der Waals surface area contributed by atoms with Crippen molar-refractivity contribution < 1.29 is 9.59 Å². The number of imidazole rings is 1. The standard InChI is InChI=1S/C31H44N6O2/c1-4-19-35(20-5-2)28-12-14-29(15-13-28)37(24(3)38)21-25-8-10-26(11-9-25)31(39)36(22-27-7-6-16-32-27)23-30-33-17-18-34-30/h6,8-11,16-18,28-29H,4-5,7,12-15,19-23H2,1-3H3,(H,33,34). The van der Waals surface area contributed by atoms with Gasteiger partial charge in [0.15, 0.2) is 0 Å². The summed E-state index contributed by atoms with van der Waals surface area (Å²) in [6.45, 7) is 9.93. The molecule has 2 aliphatic rings. The highest BCUT2D eigenvalue weighted by atomic mass is 16.2. The molecule has 0 saturated heterocycles. The molecule has 1 saturated carbocycles. The van der Waals surface area contributed by atoms with E-state index in [1.807, 2.05) is 35.2 Å². The Balaban J connectivity index is 1.38. The van der Waals surface area contributed by atoms with Crippen molar-refractivity contribution >= 4 is 17.5 Å². The summed E-state index contributed by atoms with van der Waals surface area (Å²) in [5.41, 5.74) is 2.63. The van der Waals surface area contributed by atoms with E-state index < -0.39 is 0 Å². The minimum absolute atomic E-state index is 0.0574. The zero-order valence-corrected chi connectivity index (χ0v) is 23.8. The second-order valence-electron chi connectivity index (χ2n) is 10.8. The second kappa shape index (κ2) is 14.2. The molecule has 0 radical (unpaired) electrons. The highest BCUT2D eigenvalue weighted by molar-refractivity contribution is 5.98. The number of aliphatic imine (C=N–C) groups is 1. The molecule has 1 aromatic heterocycles. The Labute approximate surface area is 233 Å². The van der Waals surface area contributed by atoms with Crippen LogP contribution in [0.5, 0.6) is 0 Å². The summed E-state index contributed by atoms with van der Waals surface area (Å²) in [4.78, 5) is 44.4. The van der Waals surface area contributed by atoms with Crippen LogP contribution in [0.3, 0.4) is 0 Å². The maximum atomic E-state index is 13.5. The number of H-pyrrole nitrogens is 1. The average Bonchev–Trinajstić information content (AvgIpc) is 3.66. The van der Waals surface area contributed by atoms with Crippen LogP contribution in [0, 0.1) is 0 Å². The summed E-state index contributed by atoms with van der Waals surface area (Å²) >= 11 is 0. The minimum atomic E-state index is -0.0574. The lowest BCUT2D eigenvalue weighted by Crippen LogP contribution is -2.45. The maximum Gasteiger partial charge on any atom is 0.254 e. The molecule has 0 atom stereocenters. The fraction of sp³-hybridized carbons (Fsp3) is 0.548. The smallest absolute Gasteiger partial charge is 0.254 e. The molecule has 0 bridgehead atoms. The van der Waals surface area contributed by atoms with E-state index in [0.29, 0.717) is 31.2 Å². The molecule has 4 rings (SSSR count). The van der Waals surface area contributed by atoms with E-state index in [9.17, 15) is 9.59 Å². The molecule has 210 valence electrons. The second-order valence-corrected chi connectivity index (χ2v) is 10.8. The third-order valence-electron chi connectivity index (χ3n) is 7.88. The highest BCUT2D eigenvalue weighted by Crippen LogP contribution is 2.28. The molecule has 1 aliphatic carbocycles. The molecule has 1 aromatic carbocycles. The quantitative estimate of drug-likeness (QED) is 0.385. The molecule has 2 aromatic rings.